The average Bonchev–Trinajstić information content (AvgIpc) is 3.46. The van der Waals surface area contributed by atoms with Crippen LogP contribution in [0.3, 0.4) is 0 Å². The summed E-state index contributed by atoms with van der Waals surface area (Å²) in [6.07, 6.45) is 6.16. The molecule has 1 aromatic carbocycles. The predicted octanol–water partition coefficient (Wildman–Crippen LogP) is 3.06. The summed E-state index contributed by atoms with van der Waals surface area (Å²) in [5.41, 5.74) is 10.7. The molecule has 2 aliphatic heterocycles. The van der Waals surface area contributed by atoms with Crippen molar-refractivity contribution in [2.45, 2.75) is 61.6 Å². The third-order valence-corrected chi connectivity index (χ3v) is 9.07. The maximum absolute atomic E-state index is 13.0. The van der Waals surface area contributed by atoms with Crippen LogP contribution in [-0.2, 0) is 14.6 Å². The lowest BCUT2D eigenvalue weighted by molar-refractivity contribution is -0.144. The molecule has 202 valence electrons. The molecule has 0 saturated carbocycles. The van der Waals surface area contributed by atoms with Crippen LogP contribution in [0.1, 0.15) is 44.2 Å². The number of anilines is 1. The SMILES string of the molecule is C[C@H](O)C(=O)N1[C@H]2CC[C@H]1CC(c1nc3c(-c4ccc(-c5ccccc5)nc4)cnn3c(N)c1S(C)(=O)=O)C2. The number of amides is 1. The molecule has 39 heavy (non-hydrogen) atoms. The molecular formula is C28H30N6O4S. The first-order valence-electron chi connectivity index (χ1n) is 13.0. The molecule has 3 atom stereocenters. The van der Waals surface area contributed by atoms with Gasteiger partial charge in [-0.05, 0) is 38.7 Å². The highest BCUT2D eigenvalue weighted by atomic mass is 32.2. The minimum absolute atomic E-state index is 0.0121. The van der Waals surface area contributed by atoms with E-state index in [1.54, 1.807) is 17.3 Å². The number of piperidine rings is 1. The quantitative estimate of drug-likeness (QED) is 0.389. The first kappa shape index (κ1) is 25.4. The van der Waals surface area contributed by atoms with Crippen LogP contribution in [0.5, 0.6) is 0 Å². The zero-order valence-electron chi connectivity index (χ0n) is 21.7. The van der Waals surface area contributed by atoms with Gasteiger partial charge in [0.15, 0.2) is 15.5 Å². The zero-order valence-corrected chi connectivity index (χ0v) is 22.5. The highest BCUT2D eigenvalue weighted by Crippen LogP contribution is 2.45. The first-order chi connectivity index (χ1) is 18.6. The van der Waals surface area contributed by atoms with Crippen molar-refractivity contribution >= 4 is 27.2 Å². The van der Waals surface area contributed by atoms with Gasteiger partial charge in [-0.1, -0.05) is 36.4 Å². The predicted molar refractivity (Wildman–Crippen MR) is 146 cm³/mol. The van der Waals surface area contributed by atoms with E-state index in [-0.39, 0.29) is 34.6 Å². The van der Waals surface area contributed by atoms with Gasteiger partial charge in [0.1, 0.15) is 16.8 Å². The van der Waals surface area contributed by atoms with E-state index >= 15 is 0 Å². The lowest BCUT2D eigenvalue weighted by atomic mass is 9.87. The topological polar surface area (TPSA) is 144 Å². The normalized spacial score (nSPS) is 21.8. The van der Waals surface area contributed by atoms with Crippen molar-refractivity contribution in [3.63, 3.8) is 0 Å². The highest BCUT2D eigenvalue weighted by molar-refractivity contribution is 7.91. The summed E-state index contributed by atoms with van der Waals surface area (Å²) in [4.78, 5) is 24.0. The molecule has 2 aliphatic rings. The fraction of sp³-hybridized carbons (Fsp3) is 0.357. The van der Waals surface area contributed by atoms with Gasteiger partial charge in [0.2, 0.25) is 0 Å². The minimum Gasteiger partial charge on any atom is -0.384 e. The van der Waals surface area contributed by atoms with Crippen molar-refractivity contribution in [2.24, 2.45) is 0 Å². The van der Waals surface area contributed by atoms with Gasteiger partial charge < -0.3 is 15.7 Å². The monoisotopic (exact) mass is 546 g/mol. The van der Waals surface area contributed by atoms with Crippen LogP contribution in [-0.4, -0.2) is 68.4 Å². The van der Waals surface area contributed by atoms with Crippen molar-refractivity contribution in [1.29, 1.82) is 0 Å². The van der Waals surface area contributed by atoms with Crippen molar-refractivity contribution in [3.05, 3.63) is 60.6 Å². The minimum atomic E-state index is -3.74. The number of nitrogen functional groups attached to an aromatic ring is 1. The van der Waals surface area contributed by atoms with Gasteiger partial charge in [-0.15, -0.1) is 0 Å². The Labute approximate surface area is 226 Å². The molecule has 0 spiro atoms. The number of hydrogen-bond donors (Lipinski definition) is 2. The van der Waals surface area contributed by atoms with E-state index in [0.717, 1.165) is 35.9 Å². The van der Waals surface area contributed by atoms with Crippen LogP contribution in [0.25, 0.3) is 28.0 Å². The summed E-state index contributed by atoms with van der Waals surface area (Å²) in [6.45, 7) is 1.48. The van der Waals surface area contributed by atoms with E-state index < -0.39 is 15.9 Å². The fourth-order valence-electron chi connectivity index (χ4n) is 6.19. The van der Waals surface area contributed by atoms with E-state index in [2.05, 4.69) is 10.1 Å². The number of pyridine rings is 1. The van der Waals surface area contributed by atoms with Crippen molar-refractivity contribution in [2.75, 3.05) is 12.0 Å². The number of aliphatic hydroxyl groups is 1. The van der Waals surface area contributed by atoms with Gasteiger partial charge in [-0.25, -0.2) is 13.4 Å². The molecule has 5 heterocycles. The Morgan fingerprint density at radius 2 is 1.74 bits per heavy atom. The molecule has 0 aliphatic carbocycles. The van der Waals surface area contributed by atoms with Crippen molar-refractivity contribution in [3.8, 4) is 22.4 Å². The van der Waals surface area contributed by atoms with E-state index in [1.165, 1.54) is 11.4 Å². The van der Waals surface area contributed by atoms with Gasteiger partial charge in [-0.2, -0.15) is 9.61 Å². The molecule has 6 rings (SSSR count). The zero-order chi connectivity index (χ0) is 27.5. The molecule has 2 saturated heterocycles. The molecule has 0 unspecified atom stereocenters. The van der Waals surface area contributed by atoms with Gasteiger partial charge in [-0.3, -0.25) is 9.78 Å². The number of nitrogens with two attached hydrogens (primary N) is 1. The fourth-order valence-corrected chi connectivity index (χ4v) is 7.25. The van der Waals surface area contributed by atoms with Gasteiger partial charge in [0.25, 0.3) is 5.91 Å². The maximum atomic E-state index is 13.0. The number of rotatable bonds is 5. The number of aliphatic hydroxyl groups excluding tert-OH is 1. The molecule has 10 nitrogen and oxygen atoms in total. The number of benzene rings is 1. The standard InChI is InChI=1S/C28H30N6O4S/c1-16(35)28(36)33-20-9-10-21(33)13-19(12-20)24-25(39(2,37)38)26(29)34-27(32-24)22(15-31-34)18-8-11-23(30-14-18)17-6-4-3-5-7-17/h3-8,11,14-16,19-21,35H,9-10,12-13,29H2,1-2H3/t16-,20-,21-/m0/s1. The summed E-state index contributed by atoms with van der Waals surface area (Å²) in [5, 5.41) is 14.3. The first-order valence-corrected chi connectivity index (χ1v) is 14.9. The molecule has 2 bridgehead atoms. The molecule has 4 aromatic rings. The van der Waals surface area contributed by atoms with Gasteiger partial charge in [0, 0.05) is 47.1 Å². The van der Waals surface area contributed by atoms with E-state index in [0.29, 0.717) is 29.7 Å². The Balaban J connectivity index is 1.43. The van der Waals surface area contributed by atoms with E-state index in [4.69, 9.17) is 10.7 Å². The molecule has 3 N–H and O–H groups in total. The second-order valence-electron chi connectivity index (χ2n) is 10.6. The Morgan fingerprint density at radius 3 is 2.33 bits per heavy atom. The lowest BCUT2D eigenvalue weighted by Crippen LogP contribution is -2.49. The van der Waals surface area contributed by atoms with Crippen LogP contribution in [0.15, 0.2) is 59.8 Å². The third-order valence-electron chi connectivity index (χ3n) is 7.91. The molecule has 11 heteroatoms. The summed E-state index contributed by atoms with van der Waals surface area (Å²) in [6, 6.07) is 13.6. The largest absolute Gasteiger partial charge is 0.384 e. The van der Waals surface area contributed by atoms with Crippen LogP contribution < -0.4 is 5.73 Å². The third kappa shape index (κ3) is 4.35. The Kier molecular flexibility index (Phi) is 6.15. The average molecular weight is 547 g/mol. The van der Waals surface area contributed by atoms with Crippen molar-refractivity contribution in [1.82, 2.24) is 24.5 Å². The van der Waals surface area contributed by atoms with Crippen LogP contribution >= 0.6 is 0 Å². The Morgan fingerprint density at radius 1 is 1.05 bits per heavy atom. The molecule has 1 amide bonds. The summed E-state index contributed by atoms with van der Waals surface area (Å²) < 4.78 is 27.3. The van der Waals surface area contributed by atoms with Gasteiger partial charge >= 0.3 is 0 Å². The maximum Gasteiger partial charge on any atom is 0.251 e. The Hall–Kier alpha value is -3.83. The number of aromatic nitrogens is 4. The number of sulfone groups is 1. The number of hydrogen-bond acceptors (Lipinski definition) is 8. The molecular weight excluding hydrogens is 516 g/mol. The molecule has 0 radical (unpaired) electrons. The van der Waals surface area contributed by atoms with Crippen LogP contribution in [0.2, 0.25) is 0 Å². The number of carbonyl (C=O) groups is 1. The summed E-state index contributed by atoms with van der Waals surface area (Å²) >= 11 is 0. The summed E-state index contributed by atoms with van der Waals surface area (Å²) in [7, 11) is -3.74. The number of fused-ring (bicyclic) bond motifs is 3. The van der Waals surface area contributed by atoms with Crippen LogP contribution in [0.4, 0.5) is 5.82 Å². The molecule has 3 aromatic heterocycles. The second-order valence-corrected chi connectivity index (χ2v) is 12.5. The van der Waals surface area contributed by atoms with Gasteiger partial charge in [0.05, 0.1) is 17.6 Å². The molecule has 2 fully saturated rings. The van der Waals surface area contributed by atoms with Crippen molar-refractivity contribution < 1.29 is 18.3 Å². The number of nitrogens with zero attached hydrogens (tertiary/aromatic N) is 5. The van der Waals surface area contributed by atoms with E-state index in [9.17, 15) is 18.3 Å². The second kappa shape index (κ2) is 9.42. The lowest BCUT2D eigenvalue weighted by Gasteiger charge is -2.39. The summed E-state index contributed by atoms with van der Waals surface area (Å²) in [5.74, 6) is -0.469. The smallest absolute Gasteiger partial charge is 0.251 e. The van der Waals surface area contributed by atoms with E-state index in [1.807, 2.05) is 42.5 Å². The highest BCUT2D eigenvalue weighted by Gasteiger charge is 2.46. The number of carbonyl (C=O) groups excluding carboxylic acids is 1. The van der Waals surface area contributed by atoms with Crippen LogP contribution in [0, 0.1) is 0 Å². The Bertz CT molecular complexity index is 1650.